The zero-order valence-electron chi connectivity index (χ0n) is 7.08. The third-order valence-corrected chi connectivity index (χ3v) is 2.15. The predicted molar refractivity (Wildman–Crippen MR) is 51.8 cm³/mol. The molecule has 3 heteroatoms. The van der Waals surface area contributed by atoms with E-state index in [-0.39, 0.29) is 12.4 Å². The smallest absolute Gasteiger partial charge is 0.0303 e. The molecule has 1 saturated heterocycles. The molecule has 2 nitrogen and oxygen atoms in total. The van der Waals surface area contributed by atoms with Crippen LogP contribution in [0.3, 0.4) is 0 Å². The first-order valence-electron chi connectivity index (χ1n) is 3.98. The molecule has 1 aliphatic heterocycles. The van der Waals surface area contributed by atoms with Crippen LogP contribution >= 0.6 is 12.4 Å². The average Bonchev–Trinajstić information content (AvgIpc) is 1.83. The van der Waals surface area contributed by atoms with Crippen LogP contribution < -0.4 is 5.32 Å². The first-order chi connectivity index (χ1) is 5.36. The second kappa shape index (κ2) is 3.87. The Balaban J connectivity index is 0.000000720. The van der Waals surface area contributed by atoms with E-state index in [1.54, 1.807) is 0 Å². The van der Waals surface area contributed by atoms with Crippen molar-refractivity contribution in [1.29, 1.82) is 0 Å². The number of hydrogen-bond donors (Lipinski definition) is 1. The van der Waals surface area contributed by atoms with Crippen molar-refractivity contribution in [3.63, 3.8) is 0 Å². The van der Waals surface area contributed by atoms with Crippen LogP contribution in [0.4, 0.5) is 0 Å². The third-order valence-electron chi connectivity index (χ3n) is 2.15. The van der Waals surface area contributed by atoms with Gasteiger partial charge in [-0.25, -0.2) is 0 Å². The van der Waals surface area contributed by atoms with Gasteiger partial charge in [-0.15, -0.1) is 12.4 Å². The van der Waals surface area contributed by atoms with Crippen LogP contribution in [-0.4, -0.2) is 18.1 Å². The lowest BCUT2D eigenvalue weighted by Gasteiger charge is -2.27. The fourth-order valence-corrected chi connectivity index (χ4v) is 1.33. The van der Waals surface area contributed by atoms with Crippen LogP contribution in [0.15, 0.2) is 18.5 Å². The number of pyridine rings is 1. The molecule has 2 rings (SSSR count). The first-order valence-corrected chi connectivity index (χ1v) is 3.98. The van der Waals surface area contributed by atoms with Gasteiger partial charge < -0.3 is 5.32 Å². The molecule has 1 fully saturated rings. The van der Waals surface area contributed by atoms with E-state index in [9.17, 15) is 0 Å². The lowest BCUT2D eigenvalue weighted by atomic mass is 9.95. The highest BCUT2D eigenvalue weighted by Gasteiger charge is 2.18. The van der Waals surface area contributed by atoms with Crippen LogP contribution in [0.25, 0.3) is 0 Å². The van der Waals surface area contributed by atoms with Crippen molar-refractivity contribution < 1.29 is 0 Å². The van der Waals surface area contributed by atoms with Gasteiger partial charge in [0.2, 0.25) is 0 Å². The first kappa shape index (κ1) is 9.49. The van der Waals surface area contributed by atoms with Gasteiger partial charge in [0.1, 0.15) is 0 Å². The Hall–Kier alpha value is -0.600. The van der Waals surface area contributed by atoms with Crippen LogP contribution in [0.5, 0.6) is 0 Å². The van der Waals surface area contributed by atoms with Crippen LogP contribution in [0.1, 0.15) is 17.0 Å². The van der Waals surface area contributed by atoms with Crippen molar-refractivity contribution in [2.75, 3.05) is 13.1 Å². The molecule has 0 aromatic carbocycles. The lowest BCUT2D eigenvalue weighted by molar-refractivity contribution is 0.447. The van der Waals surface area contributed by atoms with Crippen molar-refractivity contribution in [2.45, 2.75) is 12.8 Å². The Morgan fingerprint density at radius 2 is 2.17 bits per heavy atom. The highest BCUT2D eigenvalue weighted by atomic mass is 35.5. The molecule has 12 heavy (non-hydrogen) atoms. The number of aromatic nitrogens is 1. The van der Waals surface area contributed by atoms with Gasteiger partial charge in [0.25, 0.3) is 0 Å². The van der Waals surface area contributed by atoms with Gasteiger partial charge in [0.05, 0.1) is 0 Å². The Bertz CT molecular complexity index is 258. The monoisotopic (exact) mass is 184 g/mol. The second-order valence-electron chi connectivity index (χ2n) is 3.15. The molecule has 0 aliphatic carbocycles. The van der Waals surface area contributed by atoms with Crippen molar-refractivity contribution in [3.8, 4) is 0 Å². The molecule has 1 aromatic rings. The highest BCUT2D eigenvalue weighted by molar-refractivity contribution is 5.85. The Morgan fingerprint density at radius 1 is 1.42 bits per heavy atom. The van der Waals surface area contributed by atoms with Crippen molar-refractivity contribution in [1.82, 2.24) is 10.3 Å². The van der Waals surface area contributed by atoms with E-state index in [1.807, 2.05) is 12.4 Å². The number of halogens is 1. The van der Waals surface area contributed by atoms with Gasteiger partial charge in [-0.1, -0.05) is 6.07 Å². The summed E-state index contributed by atoms with van der Waals surface area (Å²) in [4.78, 5) is 4.16. The van der Waals surface area contributed by atoms with E-state index >= 15 is 0 Å². The summed E-state index contributed by atoms with van der Waals surface area (Å²) in [5.41, 5.74) is 2.64. The predicted octanol–water partition coefficient (Wildman–Crippen LogP) is 1.50. The van der Waals surface area contributed by atoms with Gasteiger partial charge in [0.15, 0.2) is 0 Å². The molecule has 0 saturated carbocycles. The van der Waals surface area contributed by atoms with Gasteiger partial charge in [-0.2, -0.15) is 0 Å². The standard InChI is InChI=1S/C9H12N2.ClH/c1-7-2-8(4-10-3-7)9-5-11-6-9;/h2-4,9,11H,5-6H2,1H3;1H. The minimum absolute atomic E-state index is 0. The topological polar surface area (TPSA) is 24.9 Å². The summed E-state index contributed by atoms with van der Waals surface area (Å²) in [7, 11) is 0. The molecule has 0 atom stereocenters. The molecule has 0 amide bonds. The zero-order valence-corrected chi connectivity index (χ0v) is 7.90. The van der Waals surface area contributed by atoms with E-state index in [1.165, 1.54) is 11.1 Å². The quantitative estimate of drug-likeness (QED) is 0.716. The van der Waals surface area contributed by atoms with Crippen LogP contribution in [0, 0.1) is 6.92 Å². The Morgan fingerprint density at radius 3 is 2.67 bits per heavy atom. The van der Waals surface area contributed by atoms with E-state index in [0.29, 0.717) is 5.92 Å². The summed E-state index contributed by atoms with van der Waals surface area (Å²) in [5.74, 6) is 0.711. The molecule has 1 N–H and O–H groups in total. The molecule has 66 valence electrons. The molecular weight excluding hydrogens is 172 g/mol. The fourth-order valence-electron chi connectivity index (χ4n) is 1.33. The summed E-state index contributed by atoms with van der Waals surface area (Å²) in [6.07, 6.45) is 3.87. The number of rotatable bonds is 1. The molecule has 0 unspecified atom stereocenters. The number of nitrogens with zero attached hydrogens (tertiary/aromatic N) is 1. The number of aryl methyl sites for hydroxylation is 1. The van der Waals surface area contributed by atoms with Crippen LogP contribution in [0.2, 0.25) is 0 Å². The van der Waals surface area contributed by atoms with Crippen molar-refractivity contribution in [3.05, 3.63) is 29.6 Å². The summed E-state index contributed by atoms with van der Waals surface area (Å²) >= 11 is 0. The third kappa shape index (κ3) is 1.76. The van der Waals surface area contributed by atoms with Gasteiger partial charge in [-0.3, -0.25) is 4.98 Å². The largest absolute Gasteiger partial charge is 0.315 e. The van der Waals surface area contributed by atoms with Crippen LogP contribution in [-0.2, 0) is 0 Å². The van der Waals surface area contributed by atoms with Gasteiger partial charge in [0, 0.05) is 31.4 Å². The summed E-state index contributed by atoms with van der Waals surface area (Å²) in [6, 6.07) is 2.22. The molecule has 0 spiro atoms. The fraction of sp³-hybridized carbons (Fsp3) is 0.444. The maximum Gasteiger partial charge on any atom is 0.0303 e. The number of nitrogens with one attached hydrogen (secondary N) is 1. The minimum atomic E-state index is 0. The highest BCUT2D eigenvalue weighted by Crippen LogP contribution is 2.18. The summed E-state index contributed by atoms with van der Waals surface area (Å²) in [6.45, 7) is 4.32. The van der Waals surface area contributed by atoms with E-state index < -0.39 is 0 Å². The molecule has 0 radical (unpaired) electrons. The Kier molecular flexibility index (Phi) is 3.06. The molecule has 1 aromatic heterocycles. The number of hydrogen-bond acceptors (Lipinski definition) is 2. The van der Waals surface area contributed by atoms with Crippen molar-refractivity contribution in [2.24, 2.45) is 0 Å². The summed E-state index contributed by atoms with van der Waals surface area (Å²) in [5, 5.41) is 3.25. The normalized spacial score (nSPS) is 16.4. The lowest BCUT2D eigenvalue weighted by Crippen LogP contribution is -2.39. The molecular formula is C9H13ClN2. The van der Waals surface area contributed by atoms with E-state index in [2.05, 4.69) is 23.3 Å². The second-order valence-corrected chi connectivity index (χ2v) is 3.15. The Labute approximate surface area is 78.8 Å². The maximum absolute atomic E-state index is 4.16. The minimum Gasteiger partial charge on any atom is -0.315 e. The molecule has 0 bridgehead atoms. The zero-order chi connectivity index (χ0) is 7.68. The van der Waals surface area contributed by atoms with E-state index in [0.717, 1.165) is 13.1 Å². The molecule has 1 aliphatic rings. The maximum atomic E-state index is 4.16. The van der Waals surface area contributed by atoms with Gasteiger partial charge in [-0.05, 0) is 18.1 Å². The average molecular weight is 185 g/mol. The molecule has 2 heterocycles. The SMILES string of the molecule is Cc1cncc(C2CNC2)c1.Cl. The van der Waals surface area contributed by atoms with Gasteiger partial charge >= 0.3 is 0 Å². The van der Waals surface area contributed by atoms with Crippen molar-refractivity contribution >= 4 is 12.4 Å². The van der Waals surface area contributed by atoms with E-state index in [4.69, 9.17) is 0 Å². The summed E-state index contributed by atoms with van der Waals surface area (Å²) < 4.78 is 0.